The summed E-state index contributed by atoms with van der Waals surface area (Å²) >= 11 is 1.42. The fourth-order valence-electron chi connectivity index (χ4n) is 1.98. The van der Waals surface area contributed by atoms with Crippen LogP contribution in [0.2, 0.25) is 0 Å². The third-order valence-electron chi connectivity index (χ3n) is 3.03. The van der Waals surface area contributed by atoms with Gasteiger partial charge in [0, 0.05) is 17.0 Å². The first kappa shape index (κ1) is 16.0. The van der Waals surface area contributed by atoms with Gasteiger partial charge in [0.05, 0.1) is 12.5 Å². The van der Waals surface area contributed by atoms with Crippen LogP contribution >= 0.6 is 11.3 Å². The molecule has 22 heavy (non-hydrogen) atoms. The van der Waals surface area contributed by atoms with E-state index in [9.17, 15) is 14.0 Å². The molecule has 1 aromatic heterocycles. The van der Waals surface area contributed by atoms with E-state index in [-0.39, 0.29) is 24.7 Å². The van der Waals surface area contributed by atoms with Gasteiger partial charge < -0.3 is 16.4 Å². The van der Waals surface area contributed by atoms with Crippen LogP contribution in [0.4, 0.5) is 9.18 Å². The Kier molecular flexibility index (Phi) is 5.48. The quantitative estimate of drug-likeness (QED) is 0.763. The molecular weight excluding hydrogens is 305 g/mol. The van der Waals surface area contributed by atoms with E-state index in [1.807, 2.05) is 17.5 Å². The number of primary amides is 1. The van der Waals surface area contributed by atoms with Crippen LogP contribution in [0.3, 0.4) is 0 Å². The van der Waals surface area contributed by atoms with Crippen molar-refractivity contribution in [2.24, 2.45) is 5.73 Å². The Bertz CT molecular complexity index is 646. The molecule has 0 bridgehead atoms. The lowest BCUT2D eigenvalue weighted by Gasteiger charge is -2.16. The first-order valence-electron chi connectivity index (χ1n) is 6.65. The van der Waals surface area contributed by atoms with Crippen LogP contribution in [-0.2, 0) is 11.3 Å². The van der Waals surface area contributed by atoms with Crippen molar-refractivity contribution < 1.29 is 14.0 Å². The van der Waals surface area contributed by atoms with Gasteiger partial charge in [-0.2, -0.15) is 0 Å². The van der Waals surface area contributed by atoms with E-state index in [2.05, 4.69) is 10.6 Å². The minimum absolute atomic E-state index is 0.0396. The van der Waals surface area contributed by atoms with Crippen molar-refractivity contribution in [1.29, 1.82) is 0 Å². The molecule has 0 saturated heterocycles. The molecule has 0 spiro atoms. The highest BCUT2D eigenvalue weighted by Crippen LogP contribution is 2.21. The van der Waals surface area contributed by atoms with Crippen molar-refractivity contribution in [2.45, 2.75) is 19.0 Å². The third-order valence-corrected chi connectivity index (χ3v) is 4.01. The van der Waals surface area contributed by atoms with E-state index < -0.39 is 12.1 Å². The van der Waals surface area contributed by atoms with Crippen molar-refractivity contribution in [1.82, 2.24) is 10.6 Å². The Morgan fingerprint density at radius 1 is 1.23 bits per heavy atom. The van der Waals surface area contributed by atoms with Crippen LogP contribution in [0, 0.1) is 5.82 Å². The van der Waals surface area contributed by atoms with Crippen LogP contribution in [0.5, 0.6) is 0 Å². The van der Waals surface area contributed by atoms with E-state index in [0.717, 1.165) is 4.88 Å². The van der Waals surface area contributed by atoms with Crippen molar-refractivity contribution >= 4 is 23.3 Å². The van der Waals surface area contributed by atoms with Gasteiger partial charge in [-0.05, 0) is 17.5 Å². The van der Waals surface area contributed by atoms with Crippen molar-refractivity contribution in [2.75, 3.05) is 0 Å². The molecule has 7 heteroatoms. The number of hydrogen-bond acceptors (Lipinski definition) is 3. The summed E-state index contributed by atoms with van der Waals surface area (Å²) in [5.74, 6) is -0.664. The number of nitrogens with two attached hydrogens (primary N) is 1. The maximum atomic E-state index is 13.5. The van der Waals surface area contributed by atoms with E-state index >= 15 is 0 Å². The molecule has 1 unspecified atom stereocenters. The largest absolute Gasteiger partial charge is 0.352 e. The lowest BCUT2D eigenvalue weighted by Crippen LogP contribution is -2.36. The predicted octanol–water partition coefficient (Wildman–Crippen LogP) is 2.30. The SMILES string of the molecule is NC(=O)NC(CC(=O)NCc1ccccc1F)c1cccs1. The molecule has 1 aromatic carbocycles. The summed E-state index contributed by atoms with van der Waals surface area (Å²) in [5, 5.41) is 7.03. The average Bonchev–Trinajstić information content (AvgIpc) is 2.99. The minimum Gasteiger partial charge on any atom is -0.352 e. The molecule has 0 saturated carbocycles. The zero-order chi connectivity index (χ0) is 15.9. The predicted molar refractivity (Wildman–Crippen MR) is 82.6 cm³/mol. The van der Waals surface area contributed by atoms with Crippen LogP contribution in [0.1, 0.15) is 22.9 Å². The summed E-state index contributed by atoms with van der Waals surface area (Å²) in [5.41, 5.74) is 5.54. The Labute approximate surface area is 131 Å². The van der Waals surface area contributed by atoms with Crippen LogP contribution < -0.4 is 16.4 Å². The summed E-state index contributed by atoms with van der Waals surface area (Å²) in [6, 6.07) is 8.69. The molecule has 4 N–H and O–H groups in total. The smallest absolute Gasteiger partial charge is 0.312 e. The molecule has 0 aliphatic rings. The number of amides is 3. The number of halogens is 1. The van der Waals surface area contributed by atoms with Gasteiger partial charge in [0.15, 0.2) is 0 Å². The Morgan fingerprint density at radius 2 is 2.00 bits per heavy atom. The summed E-state index contributed by atoms with van der Waals surface area (Å²) in [6.45, 7) is 0.0965. The van der Waals surface area contributed by atoms with E-state index in [1.54, 1.807) is 18.2 Å². The summed E-state index contributed by atoms with van der Waals surface area (Å²) < 4.78 is 13.5. The van der Waals surface area contributed by atoms with E-state index in [1.165, 1.54) is 17.4 Å². The number of nitrogens with one attached hydrogen (secondary N) is 2. The van der Waals surface area contributed by atoms with Gasteiger partial charge in [0.1, 0.15) is 5.82 Å². The zero-order valence-corrected chi connectivity index (χ0v) is 12.5. The molecule has 116 valence electrons. The summed E-state index contributed by atoms with van der Waals surface area (Å²) in [4.78, 5) is 23.9. The van der Waals surface area contributed by atoms with Gasteiger partial charge in [-0.15, -0.1) is 11.3 Å². The van der Waals surface area contributed by atoms with Gasteiger partial charge in [-0.1, -0.05) is 24.3 Å². The molecule has 1 atom stereocenters. The molecule has 1 heterocycles. The van der Waals surface area contributed by atoms with Gasteiger partial charge in [0.2, 0.25) is 5.91 Å². The Hall–Kier alpha value is -2.41. The number of carbonyl (C=O) groups is 2. The fraction of sp³-hybridized carbons (Fsp3) is 0.200. The van der Waals surface area contributed by atoms with Crippen molar-refractivity contribution in [3.63, 3.8) is 0 Å². The second-order valence-electron chi connectivity index (χ2n) is 4.65. The fourth-order valence-corrected chi connectivity index (χ4v) is 2.76. The zero-order valence-electron chi connectivity index (χ0n) is 11.7. The molecule has 0 aliphatic carbocycles. The topological polar surface area (TPSA) is 84.2 Å². The standard InChI is InChI=1S/C15H16FN3O2S/c16-11-5-2-1-4-10(11)9-18-14(20)8-12(19-15(17)21)13-6-3-7-22-13/h1-7,12H,8-9H2,(H,18,20)(H3,17,19,21). The molecule has 0 fully saturated rings. The monoisotopic (exact) mass is 321 g/mol. The van der Waals surface area contributed by atoms with Gasteiger partial charge in [-0.3, -0.25) is 4.79 Å². The van der Waals surface area contributed by atoms with Crippen LogP contribution in [0.15, 0.2) is 41.8 Å². The van der Waals surface area contributed by atoms with Crippen molar-refractivity contribution in [3.05, 3.63) is 58.0 Å². The second kappa shape index (κ2) is 7.56. The highest BCUT2D eigenvalue weighted by Gasteiger charge is 2.18. The highest BCUT2D eigenvalue weighted by atomic mass is 32.1. The van der Waals surface area contributed by atoms with Gasteiger partial charge >= 0.3 is 6.03 Å². The number of carbonyl (C=O) groups excluding carboxylic acids is 2. The van der Waals surface area contributed by atoms with Crippen LogP contribution in [-0.4, -0.2) is 11.9 Å². The Morgan fingerprint density at radius 3 is 2.64 bits per heavy atom. The molecule has 2 rings (SSSR count). The normalized spacial score (nSPS) is 11.7. The summed E-state index contributed by atoms with van der Waals surface area (Å²) in [7, 11) is 0. The average molecular weight is 321 g/mol. The molecule has 3 amide bonds. The molecule has 0 radical (unpaired) electrons. The maximum Gasteiger partial charge on any atom is 0.312 e. The van der Waals surface area contributed by atoms with Gasteiger partial charge in [-0.25, -0.2) is 9.18 Å². The minimum atomic E-state index is -0.694. The summed E-state index contributed by atoms with van der Waals surface area (Å²) in [6.07, 6.45) is 0.0396. The van der Waals surface area contributed by atoms with E-state index in [0.29, 0.717) is 5.56 Å². The van der Waals surface area contributed by atoms with Gasteiger partial charge in [0.25, 0.3) is 0 Å². The number of urea groups is 1. The van der Waals surface area contributed by atoms with Crippen molar-refractivity contribution in [3.8, 4) is 0 Å². The molecule has 2 aromatic rings. The van der Waals surface area contributed by atoms with Crippen LogP contribution in [0.25, 0.3) is 0 Å². The molecule has 5 nitrogen and oxygen atoms in total. The number of thiophene rings is 1. The lowest BCUT2D eigenvalue weighted by atomic mass is 10.1. The second-order valence-corrected chi connectivity index (χ2v) is 5.63. The maximum absolute atomic E-state index is 13.5. The first-order chi connectivity index (χ1) is 10.6. The number of hydrogen-bond donors (Lipinski definition) is 3. The van der Waals surface area contributed by atoms with E-state index in [4.69, 9.17) is 5.73 Å². The lowest BCUT2D eigenvalue weighted by molar-refractivity contribution is -0.121. The number of rotatable bonds is 6. The Balaban J connectivity index is 1.94. The first-order valence-corrected chi connectivity index (χ1v) is 7.53. The molecule has 0 aliphatic heterocycles. The molecular formula is C15H16FN3O2S. The third kappa shape index (κ3) is 4.56. The highest BCUT2D eigenvalue weighted by molar-refractivity contribution is 7.10. The number of benzene rings is 1.